The molecule has 0 radical (unpaired) electrons. The van der Waals surface area contributed by atoms with Crippen molar-refractivity contribution < 1.29 is 18.8 Å². The van der Waals surface area contributed by atoms with Gasteiger partial charge in [-0.2, -0.15) is 0 Å². The van der Waals surface area contributed by atoms with Crippen molar-refractivity contribution in [1.82, 2.24) is 4.90 Å². The van der Waals surface area contributed by atoms with Gasteiger partial charge in [0.15, 0.2) is 0 Å². The molecular weight excluding hydrogens is 365 g/mol. The second-order valence-corrected chi connectivity index (χ2v) is 10.3. The van der Waals surface area contributed by atoms with E-state index in [-0.39, 0.29) is 30.5 Å². The first kappa shape index (κ1) is 23.8. The summed E-state index contributed by atoms with van der Waals surface area (Å²) in [6.45, 7) is 20.6. The van der Waals surface area contributed by atoms with E-state index in [4.69, 9.17) is 14.0 Å². The highest BCUT2D eigenvalue weighted by Gasteiger charge is 2.52. The summed E-state index contributed by atoms with van der Waals surface area (Å²) in [7, 11) is -0.358. The zero-order valence-electron chi connectivity index (χ0n) is 19.9. The Bertz CT molecular complexity index is 721. The smallest absolute Gasteiger partial charge is 0.444 e. The van der Waals surface area contributed by atoms with Gasteiger partial charge in [0.05, 0.1) is 11.2 Å². The summed E-state index contributed by atoms with van der Waals surface area (Å²) in [6, 6.07) is 6.42. The third kappa shape index (κ3) is 5.76. The van der Waals surface area contributed by atoms with Gasteiger partial charge in [0.2, 0.25) is 0 Å². The van der Waals surface area contributed by atoms with Crippen LogP contribution in [0.5, 0.6) is 0 Å². The van der Waals surface area contributed by atoms with Gasteiger partial charge in [-0.15, -0.1) is 0 Å². The highest BCUT2D eigenvalue weighted by atomic mass is 16.7. The van der Waals surface area contributed by atoms with Gasteiger partial charge in [-0.1, -0.05) is 23.8 Å². The highest BCUT2D eigenvalue weighted by Crippen LogP contribution is 2.36. The fraction of sp³-hybridized carbons (Fsp3) is 0.696. The Labute approximate surface area is 177 Å². The van der Waals surface area contributed by atoms with E-state index in [0.717, 1.165) is 17.4 Å². The summed E-state index contributed by atoms with van der Waals surface area (Å²) in [5, 5.41) is 0. The summed E-state index contributed by atoms with van der Waals surface area (Å²) < 4.78 is 17.9. The lowest BCUT2D eigenvalue weighted by Gasteiger charge is -2.32. The van der Waals surface area contributed by atoms with Crippen LogP contribution in [0.15, 0.2) is 18.2 Å². The van der Waals surface area contributed by atoms with Crippen LogP contribution >= 0.6 is 0 Å². The Morgan fingerprint density at radius 1 is 1.14 bits per heavy atom. The van der Waals surface area contributed by atoms with Crippen molar-refractivity contribution in [2.24, 2.45) is 0 Å². The van der Waals surface area contributed by atoms with Gasteiger partial charge in [0.1, 0.15) is 5.60 Å². The van der Waals surface area contributed by atoms with Gasteiger partial charge in [-0.05, 0) is 86.7 Å². The molecule has 0 unspecified atom stereocenters. The highest BCUT2D eigenvalue weighted by molar-refractivity contribution is 6.62. The first-order valence-electron chi connectivity index (χ1n) is 10.6. The molecule has 1 fully saturated rings. The normalized spacial score (nSPS) is 18.2. The number of carbonyl (C=O) groups is 1. The van der Waals surface area contributed by atoms with Crippen molar-refractivity contribution in [1.29, 1.82) is 0 Å². The molecule has 1 heterocycles. The first-order valence-corrected chi connectivity index (χ1v) is 10.6. The molecule has 1 aliphatic heterocycles. The zero-order chi connectivity index (χ0) is 22.2. The minimum absolute atomic E-state index is 0.0787. The summed E-state index contributed by atoms with van der Waals surface area (Å²) in [6.07, 6.45) is 0.500. The van der Waals surface area contributed by atoms with Crippen LogP contribution in [0, 0.1) is 6.92 Å². The van der Waals surface area contributed by atoms with E-state index < -0.39 is 5.60 Å². The number of carbonyl (C=O) groups excluding carboxylic acids is 1. The van der Waals surface area contributed by atoms with Crippen LogP contribution in [0.3, 0.4) is 0 Å². The molecule has 1 aromatic carbocycles. The largest absolute Gasteiger partial charge is 0.495 e. The molecule has 1 aromatic rings. The number of nitrogens with zero attached hydrogens (tertiary/aromatic N) is 1. The first-order chi connectivity index (χ1) is 13.1. The number of benzene rings is 1. The van der Waals surface area contributed by atoms with Crippen molar-refractivity contribution in [3.8, 4) is 0 Å². The molecule has 0 aliphatic carbocycles. The number of ether oxygens (including phenoxy) is 1. The van der Waals surface area contributed by atoms with Gasteiger partial charge in [-0.25, -0.2) is 4.79 Å². The molecule has 1 amide bonds. The Morgan fingerprint density at radius 2 is 1.69 bits per heavy atom. The minimum Gasteiger partial charge on any atom is -0.444 e. The predicted octanol–water partition coefficient (Wildman–Crippen LogP) is 4.48. The van der Waals surface area contributed by atoms with Crippen molar-refractivity contribution in [3.63, 3.8) is 0 Å². The molecule has 1 aliphatic rings. The summed E-state index contributed by atoms with van der Waals surface area (Å²) in [5.41, 5.74) is 2.17. The van der Waals surface area contributed by atoms with E-state index in [0.29, 0.717) is 6.54 Å². The Hall–Kier alpha value is -1.53. The number of amides is 1. The lowest BCUT2D eigenvalue weighted by molar-refractivity contribution is 0.00578. The third-order valence-corrected chi connectivity index (χ3v) is 5.73. The molecule has 0 saturated carbocycles. The molecule has 0 aromatic heterocycles. The van der Waals surface area contributed by atoms with E-state index in [9.17, 15) is 4.79 Å². The van der Waals surface area contributed by atoms with Gasteiger partial charge < -0.3 is 18.9 Å². The van der Waals surface area contributed by atoms with E-state index in [1.165, 1.54) is 5.56 Å². The molecule has 0 atom stereocenters. The van der Waals surface area contributed by atoms with Gasteiger partial charge in [0, 0.05) is 12.6 Å². The minimum atomic E-state index is -0.495. The van der Waals surface area contributed by atoms with Crippen LogP contribution in [0.25, 0.3) is 0 Å². The monoisotopic (exact) mass is 403 g/mol. The van der Waals surface area contributed by atoms with E-state index in [2.05, 4.69) is 52.8 Å². The van der Waals surface area contributed by atoms with Crippen LogP contribution in [-0.2, 0) is 20.5 Å². The number of rotatable bonds is 5. The molecule has 0 N–H and O–H groups in total. The molecule has 0 bridgehead atoms. The Balaban J connectivity index is 2.08. The number of hydrogen-bond acceptors (Lipinski definition) is 4. The lowest BCUT2D eigenvalue weighted by Crippen LogP contribution is -2.42. The molecule has 0 spiro atoms. The van der Waals surface area contributed by atoms with E-state index in [1.54, 1.807) is 4.90 Å². The van der Waals surface area contributed by atoms with Crippen molar-refractivity contribution in [3.05, 3.63) is 29.3 Å². The van der Waals surface area contributed by atoms with E-state index >= 15 is 0 Å². The number of aryl methyl sites for hydroxylation is 1. The molecule has 6 heteroatoms. The Kier molecular flexibility index (Phi) is 6.80. The topological polar surface area (TPSA) is 48.0 Å². The summed E-state index contributed by atoms with van der Waals surface area (Å²) in [5.74, 6) is 0. The molecular formula is C23H38BNO4. The molecule has 162 valence electrons. The average Bonchev–Trinajstić information content (AvgIpc) is 2.73. The van der Waals surface area contributed by atoms with Gasteiger partial charge in [0.25, 0.3) is 0 Å². The van der Waals surface area contributed by atoms with Crippen molar-refractivity contribution >= 4 is 18.7 Å². The zero-order valence-corrected chi connectivity index (χ0v) is 19.9. The number of hydrogen-bond donors (Lipinski definition) is 0. The standard InChI is InChI=1S/C23H38BNO4/c1-16(2)25(20(26)27-21(4,5)6)14-13-18-11-12-19(17(3)15-18)24-28-22(7,8)23(9,10)29-24/h11-12,15-16H,13-14H2,1-10H3. The third-order valence-electron chi connectivity index (χ3n) is 5.73. The van der Waals surface area contributed by atoms with E-state index in [1.807, 2.05) is 34.6 Å². The fourth-order valence-electron chi connectivity index (χ4n) is 3.26. The molecule has 5 nitrogen and oxygen atoms in total. The quantitative estimate of drug-likeness (QED) is 0.680. The molecule has 2 rings (SSSR count). The predicted molar refractivity (Wildman–Crippen MR) is 119 cm³/mol. The van der Waals surface area contributed by atoms with Gasteiger partial charge >= 0.3 is 13.2 Å². The van der Waals surface area contributed by atoms with Crippen LogP contribution in [0.1, 0.15) is 73.4 Å². The summed E-state index contributed by atoms with van der Waals surface area (Å²) in [4.78, 5) is 14.3. The maximum absolute atomic E-state index is 12.5. The maximum Gasteiger partial charge on any atom is 0.495 e. The van der Waals surface area contributed by atoms with Crippen molar-refractivity contribution in [2.45, 2.75) is 98.5 Å². The second kappa shape index (κ2) is 8.31. The fourth-order valence-corrected chi connectivity index (χ4v) is 3.26. The van der Waals surface area contributed by atoms with Crippen LogP contribution < -0.4 is 5.46 Å². The summed E-state index contributed by atoms with van der Waals surface area (Å²) >= 11 is 0. The van der Waals surface area contributed by atoms with Crippen LogP contribution in [-0.4, -0.2) is 47.5 Å². The molecule has 1 saturated heterocycles. The van der Waals surface area contributed by atoms with Crippen LogP contribution in [0.2, 0.25) is 0 Å². The maximum atomic E-state index is 12.5. The SMILES string of the molecule is Cc1cc(CCN(C(=O)OC(C)(C)C)C(C)C)ccc1B1OC(C)(C)C(C)(C)O1. The Morgan fingerprint density at radius 3 is 2.14 bits per heavy atom. The van der Waals surface area contributed by atoms with Crippen molar-refractivity contribution in [2.75, 3.05) is 6.54 Å². The second-order valence-electron chi connectivity index (χ2n) is 10.3. The van der Waals surface area contributed by atoms with Gasteiger partial charge in [-0.3, -0.25) is 0 Å². The molecule has 29 heavy (non-hydrogen) atoms. The van der Waals surface area contributed by atoms with Crippen LogP contribution in [0.4, 0.5) is 4.79 Å². The average molecular weight is 403 g/mol. The lowest BCUT2D eigenvalue weighted by atomic mass is 9.75.